The maximum atomic E-state index is 12.7. The number of hydrogen-bond donors (Lipinski definition) is 3. The molecule has 1 fully saturated rings. The van der Waals surface area contributed by atoms with Gasteiger partial charge >= 0.3 is 0 Å². The summed E-state index contributed by atoms with van der Waals surface area (Å²) in [5.74, 6) is 5.88. The number of benzene rings is 1. The summed E-state index contributed by atoms with van der Waals surface area (Å²) in [6, 6.07) is 6.16. The fraction of sp³-hybridized carbons (Fsp3) is 0.474. The summed E-state index contributed by atoms with van der Waals surface area (Å²) in [4.78, 5) is 16.9. The van der Waals surface area contributed by atoms with Crippen LogP contribution in [0, 0.1) is 5.92 Å². The molecule has 1 aliphatic carbocycles. The minimum Gasteiger partial charge on any atom is -0.382 e. The first-order valence-electron chi connectivity index (χ1n) is 9.04. The average molecular weight is 377 g/mol. The Morgan fingerprint density at radius 1 is 1.31 bits per heavy atom. The molecule has 2 aromatic rings. The zero-order chi connectivity index (χ0) is 18.7. The molecule has 1 saturated carbocycles. The molecule has 26 heavy (non-hydrogen) atoms. The molecule has 1 aromatic heterocycles. The Labute approximate surface area is 158 Å². The first kappa shape index (κ1) is 19.0. The number of nitrogens with two attached hydrogens (primary N) is 2. The summed E-state index contributed by atoms with van der Waals surface area (Å²) in [6.45, 7) is 0. The van der Waals surface area contributed by atoms with Gasteiger partial charge in [0.1, 0.15) is 6.10 Å². The number of hydrazine groups is 1. The van der Waals surface area contributed by atoms with E-state index in [2.05, 4.69) is 4.98 Å². The van der Waals surface area contributed by atoms with Crippen molar-refractivity contribution in [3.8, 4) is 0 Å². The molecular formula is C19H25ClN4O2. The number of aromatic nitrogens is 1. The van der Waals surface area contributed by atoms with Crippen molar-refractivity contribution >= 4 is 34.1 Å². The molecular weight excluding hydrogens is 352 g/mol. The number of nitrogens with zero attached hydrogens (tertiary/aromatic N) is 2. The number of fused-ring (bicyclic) bond motifs is 1. The van der Waals surface area contributed by atoms with Crippen LogP contribution in [0.5, 0.6) is 0 Å². The van der Waals surface area contributed by atoms with Gasteiger partial charge < -0.3 is 10.8 Å². The summed E-state index contributed by atoms with van der Waals surface area (Å²) >= 11 is 5.99. The first-order valence-corrected chi connectivity index (χ1v) is 9.41. The summed E-state index contributed by atoms with van der Waals surface area (Å²) < 4.78 is 0. The number of carbonyl (C=O) groups excluding carboxylic acids is 1. The zero-order valence-electron chi connectivity index (χ0n) is 14.6. The van der Waals surface area contributed by atoms with Gasteiger partial charge in [-0.15, -0.1) is 0 Å². The topological polar surface area (TPSA) is 105 Å². The average Bonchev–Trinajstić information content (AvgIpc) is 2.66. The van der Waals surface area contributed by atoms with E-state index in [1.54, 1.807) is 30.5 Å². The monoisotopic (exact) mass is 376 g/mol. The van der Waals surface area contributed by atoms with E-state index in [9.17, 15) is 9.90 Å². The van der Waals surface area contributed by atoms with Gasteiger partial charge in [-0.3, -0.25) is 9.78 Å². The molecule has 0 aliphatic heterocycles. The maximum Gasteiger partial charge on any atom is 0.271 e. The molecule has 3 rings (SSSR count). The van der Waals surface area contributed by atoms with E-state index in [0.29, 0.717) is 34.0 Å². The van der Waals surface area contributed by atoms with Crippen LogP contribution in [0.15, 0.2) is 30.5 Å². The van der Waals surface area contributed by atoms with Gasteiger partial charge in [-0.2, -0.15) is 0 Å². The van der Waals surface area contributed by atoms with Crippen LogP contribution < -0.4 is 16.6 Å². The van der Waals surface area contributed by atoms with E-state index in [1.807, 2.05) is 0 Å². The van der Waals surface area contributed by atoms with Gasteiger partial charge in [-0.1, -0.05) is 43.7 Å². The van der Waals surface area contributed by atoms with E-state index in [4.69, 9.17) is 23.2 Å². The number of halogens is 1. The second-order valence-electron chi connectivity index (χ2n) is 7.05. The minimum atomic E-state index is -1.34. The molecule has 7 heteroatoms. The Morgan fingerprint density at radius 3 is 2.77 bits per heavy atom. The molecule has 6 nitrogen and oxygen atoms in total. The molecule has 1 aliphatic rings. The van der Waals surface area contributed by atoms with Gasteiger partial charge in [0.15, 0.2) is 0 Å². The van der Waals surface area contributed by atoms with Crippen LogP contribution in [-0.2, 0) is 4.79 Å². The predicted molar refractivity (Wildman–Crippen MR) is 104 cm³/mol. The predicted octanol–water partition coefficient (Wildman–Crippen LogP) is 2.75. The standard InChI is InChI=1S/C19H25ClN4O2/c20-13-6-7-14-16(11-13)23-9-8-17(14)24(22)19(26)18(25)15(21)10-12-4-2-1-3-5-12/h6-9,11-12,15,18,25H,1-5,10,21-22H2/t15-,18?/m1/s1. The van der Waals surface area contributed by atoms with Crippen molar-refractivity contribution < 1.29 is 9.90 Å². The molecule has 5 N–H and O–H groups in total. The summed E-state index contributed by atoms with van der Waals surface area (Å²) in [5.41, 5.74) is 7.20. The molecule has 0 saturated heterocycles. The van der Waals surface area contributed by atoms with E-state index in [0.717, 1.165) is 17.9 Å². The van der Waals surface area contributed by atoms with Crippen LogP contribution in [-0.4, -0.2) is 28.1 Å². The van der Waals surface area contributed by atoms with Gasteiger partial charge in [-0.05, 0) is 36.6 Å². The van der Waals surface area contributed by atoms with Crippen LogP contribution in [0.1, 0.15) is 38.5 Å². The fourth-order valence-corrected chi connectivity index (χ4v) is 3.86. The van der Waals surface area contributed by atoms with Crippen LogP contribution in [0.3, 0.4) is 0 Å². The number of carbonyl (C=O) groups is 1. The Kier molecular flexibility index (Phi) is 6.09. The van der Waals surface area contributed by atoms with E-state index < -0.39 is 18.1 Å². The van der Waals surface area contributed by atoms with Gasteiger partial charge in [-0.25, -0.2) is 10.9 Å². The highest BCUT2D eigenvalue weighted by molar-refractivity contribution is 6.31. The number of aliphatic hydroxyl groups excluding tert-OH is 1. The van der Waals surface area contributed by atoms with Crippen molar-refractivity contribution in [2.24, 2.45) is 17.5 Å². The highest BCUT2D eigenvalue weighted by Crippen LogP contribution is 2.29. The molecule has 1 heterocycles. The van der Waals surface area contributed by atoms with Gasteiger partial charge in [0.25, 0.3) is 5.91 Å². The van der Waals surface area contributed by atoms with Gasteiger partial charge in [0.05, 0.1) is 11.2 Å². The lowest BCUT2D eigenvalue weighted by molar-refractivity contribution is -0.127. The quantitative estimate of drug-likeness (QED) is 0.422. The van der Waals surface area contributed by atoms with Crippen molar-refractivity contribution in [3.63, 3.8) is 0 Å². The largest absolute Gasteiger partial charge is 0.382 e. The van der Waals surface area contributed by atoms with Gasteiger partial charge in [0, 0.05) is 22.6 Å². The van der Waals surface area contributed by atoms with Crippen LogP contribution in [0.4, 0.5) is 5.69 Å². The zero-order valence-corrected chi connectivity index (χ0v) is 15.4. The number of hydrogen-bond acceptors (Lipinski definition) is 5. The minimum absolute atomic E-state index is 0.459. The number of pyridine rings is 1. The summed E-state index contributed by atoms with van der Waals surface area (Å²) in [6.07, 6.45) is 6.70. The molecule has 0 bridgehead atoms. The number of rotatable bonds is 5. The van der Waals surface area contributed by atoms with E-state index >= 15 is 0 Å². The Morgan fingerprint density at radius 2 is 2.04 bits per heavy atom. The molecule has 1 amide bonds. The third kappa shape index (κ3) is 4.15. The maximum absolute atomic E-state index is 12.7. The first-order chi connectivity index (χ1) is 12.5. The summed E-state index contributed by atoms with van der Waals surface area (Å²) in [5, 5.41) is 12.6. The molecule has 0 spiro atoms. The highest BCUT2D eigenvalue weighted by atomic mass is 35.5. The SMILES string of the molecule is N[C@H](CC1CCCCC1)C(O)C(=O)N(N)c1ccnc2cc(Cl)ccc12. The second-order valence-corrected chi connectivity index (χ2v) is 7.48. The molecule has 140 valence electrons. The molecule has 2 atom stereocenters. The van der Waals surface area contributed by atoms with E-state index in [-0.39, 0.29) is 0 Å². The van der Waals surface area contributed by atoms with Crippen molar-refractivity contribution in [2.75, 3.05) is 5.01 Å². The fourth-order valence-electron chi connectivity index (χ4n) is 3.70. The van der Waals surface area contributed by atoms with E-state index in [1.165, 1.54) is 19.3 Å². The second kappa shape index (κ2) is 8.31. The van der Waals surface area contributed by atoms with Crippen molar-refractivity contribution in [1.82, 2.24) is 4.98 Å². The lowest BCUT2D eigenvalue weighted by Gasteiger charge is -2.28. The Hall–Kier alpha value is -1.73. The third-order valence-corrected chi connectivity index (χ3v) is 5.40. The van der Waals surface area contributed by atoms with Gasteiger partial charge in [0.2, 0.25) is 0 Å². The van der Waals surface area contributed by atoms with Crippen LogP contribution >= 0.6 is 11.6 Å². The lowest BCUT2D eigenvalue weighted by Crippen LogP contribution is -2.51. The van der Waals surface area contributed by atoms with Crippen LogP contribution in [0.25, 0.3) is 10.9 Å². The molecule has 1 unspecified atom stereocenters. The highest BCUT2D eigenvalue weighted by Gasteiger charge is 2.30. The number of amides is 1. The Bertz CT molecular complexity index is 779. The van der Waals surface area contributed by atoms with Crippen molar-refractivity contribution in [3.05, 3.63) is 35.5 Å². The van der Waals surface area contributed by atoms with Crippen LogP contribution in [0.2, 0.25) is 5.02 Å². The summed E-state index contributed by atoms with van der Waals surface area (Å²) in [7, 11) is 0. The number of aliphatic hydroxyl groups is 1. The smallest absolute Gasteiger partial charge is 0.271 e. The molecule has 0 radical (unpaired) electrons. The molecule has 1 aromatic carbocycles. The van der Waals surface area contributed by atoms with Crippen molar-refractivity contribution in [1.29, 1.82) is 0 Å². The normalized spacial score (nSPS) is 17.8. The Balaban J connectivity index is 1.74. The third-order valence-electron chi connectivity index (χ3n) is 5.17. The van der Waals surface area contributed by atoms with Crippen molar-refractivity contribution in [2.45, 2.75) is 50.7 Å². The lowest BCUT2D eigenvalue weighted by atomic mass is 9.84. The number of anilines is 1.